The molecule has 0 aromatic carbocycles. The van der Waals surface area contributed by atoms with E-state index in [9.17, 15) is 4.79 Å². The smallest absolute Gasteiger partial charge is 0.269 e. The lowest BCUT2D eigenvalue weighted by atomic mass is 9.93. The van der Waals surface area contributed by atoms with Crippen molar-refractivity contribution in [2.24, 2.45) is 0 Å². The highest BCUT2D eigenvalue weighted by Gasteiger charge is 2.71. The second-order valence-corrected chi connectivity index (χ2v) is 7.99. The molecule has 0 aliphatic carbocycles. The Morgan fingerprint density at radius 2 is 1.83 bits per heavy atom. The van der Waals surface area contributed by atoms with Gasteiger partial charge in [-0.1, -0.05) is 6.07 Å². The van der Waals surface area contributed by atoms with Crippen LogP contribution in [0.15, 0.2) is 36.9 Å². The van der Waals surface area contributed by atoms with E-state index in [1.54, 1.807) is 4.90 Å². The van der Waals surface area contributed by atoms with Gasteiger partial charge in [-0.2, -0.15) is 0 Å². The van der Waals surface area contributed by atoms with E-state index in [1.165, 1.54) is 18.7 Å². The van der Waals surface area contributed by atoms with E-state index in [-0.39, 0.29) is 26.2 Å². The van der Waals surface area contributed by atoms with Gasteiger partial charge < -0.3 is 14.5 Å². The Kier molecular flexibility index (Phi) is 4.62. The maximum absolute atomic E-state index is 15.6. The van der Waals surface area contributed by atoms with Crippen molar-refractivity contribution in [1.29, 1.82) is 0 Å². The normalized spacial score (nSPS) is 29.5. The molecule has 3 fully saturated rings. The van der Waals surface area contributed by atoms with E-state index >= 15 is 8.78 Å². The van der Waals surface area contributed by atoms with Crippen LogP contribution in [-0.4, -0.2) is 83.0 Å². The van der Waals surface area contributed by atoms with E-state index in [0.717, 1.165) is 23.8 Å². The van der Waals surface area contributed by atoms with Crippen molar-refractivity contribution in [3.05, 3.63) is 42.6 Å². The topological polar surface area (TPSA) is 74.7 Å². The van der Waals surface area contributed by atoms with Crippen LogP contribution in [0, 0.1) is 0 Å². The van der Waals surface area contributed by atoms with Gasteiger partial charge in [-0.15, -0.1) is 0 Å². The minimum absolute atomic E-state index is 0.178. The number of nitrogens with zero attached hydrogens (tertiary/aromatic N) is 6. The average molecular weight is 416 g/mol. The molecule has 3 aliphatic rings. The van der Waals surface area contributed by atoms with Crippen LogP contribution in [0.1, 0.15) is 5.69 Å². The summed E-state index contributed by atoms with van der Waals surface area (Å²) in [6, 6.07) is 5.65. The Balaban J connectivity index is 1.31. The second-order valence-electron chi connectivity index (χ2n) is 7.99. The standard InChI is InChI=1S/C20H22F2N6O2/c21-19-11-26(10-15-2-1-3-17(25-15)27-4-6-30-7-5-27)13-20(19,22)18(29)28(12-19)16-8-23-14-24-9-16/h1-3,8-9,14H,4-7,10-13H2/t19-,20+/m0/s1. The van der Waals surface area contributed by atoms with Crippen molar-refractivity contribution < 1.29 is 18.3 Å². The van der Waals surface area contributed by atoms with E-state index in [1.807, 2.05) is 18.2 Å². The molecule has 0 N–H and O–H groups in total. The van der Waals surface area contributed by atoms with Crippen LogP contribution in [0.3, 0.4) is 0 Å². The molecular formula is C20H22F2N6O2. The summed E-state index contributed by atoms with van der Waals surface area (Å²) < 4.78 is 36.6. The summed E-state index contributed by atoms with van der Waals surface area (Å²) in [6.07, 6.45) is 4.08. The molecule has 0 spiro atoms. The lowest BCUT2D eigenvalue weighted by Gasteiger charge is -2.28. The fraction of sp³-hybridized carbons (Fsp3) is 0.500. The molecule has 1 amide bonds. The number of pyridine rings is 1. The van der Waals surface area contributed by atoms with Gasteiger partial charge in [0.25, 0.3) is 5.91 Å². The first kappa shape index (κ1) is 19.3. The maximum Gasteiger partial charge on any atom is 0.269 e. The zero-order valence-electron chi connectivity index (χ0n) is 16.4. The number of hydrogen-bond acceptors (Lipinski definition) is 7. The van der Waals surface area contributed by atoms with Crippen molar-refractivity contribution in [3.63, 3.8) is 0 Å². The molecule has 3 aliphatic heterocycles. The van der Waals surface area contributed by atoms with E-state index in [4.69, 9.17) is 4.74 Å². The third kappa shape index (κ3) is 3.10. The molecule has 0 bridgehead atoms. The SMILES string of the molecule is O=C1N(c2cncnc2)C[C@@]2(F)CN(Cc3cccc(N4CCOCC4)n3)C[C@@]12F. The average Bonchev–Trinajstić information content (AvgIpc) is 3.13. The van der Waals surface area contributed by atoms with Crippen LogP contribution in [0.4, 0.5) is 20.3 Å². The Bertz CT molecular complexity index is 944. The third-order valence-corrected chi connectivity index (χ3v) is 5.99. The number of hydrogen-bond donors (Lipinski definition) is 0. The summed E-state index contributed by atoms with van der Waals surface area (Å²) in [4.78, 5) is 30.0. The Hall–Kier alpha value is -2.72. The quantitative estimate of drug-likeness (QED) is 0.736. The summed E-state index contributed by atoms with van der Waals surface area (Å²) in [5, 5.41) is 0. The van der Waals surface area contributed by atoms with Crippen molar-refractivity contribution in [2.75, 3.05) is 55.7 Å². The van der Waals surface area contributed by atoms with Crippen LogP contribution in [0.2, 0.25) is 0 Å². The van der Waals surface area contributed by atoms with E-state index in [0.29, 0.717) is 24.6 Å². The zero-order chi connectivity index (χ0) is 20.8. The van der Waals surface area contributed by atoms with Gasteiger partial charge in [0.05, 0.1) is 43.5 Å². The number of aromatic nitrogens is 3. The van der Waals surface area contributed by atoms with Gasteiger partial charge in [-0.3, -0.25) is 9.69 Å². The number of amides is 1. The fourth-order valence-corrected chi connectivity index (χ4v) is 4.46. The number of morpholine rings is 1. The van der Waals surface area contributed by atoms with Gasteiger partial charge in [0.1, 0.15) is 12.1 Å². The summed E-state index contributed by atoms with van der Waals surface area (Å²) in [7, 11) is 0. The number of carbonyl (C=O) groups is 1. The van der Waals surface area contributed by atoms with Crippen molar-refractivity contribution in [2.45, 2.75) is 17.9 Å². The fourth-order valence-electron chi connectivity index (χ4n) is 4.46. The summed E-state index contributed by atoms with van der Waals surface area (Å²) in [5.74, 6) is -0.0521. The number of likely N-dealkylation sites (tertiary alicyclic amines) is 1. The summed E-state index contributed by atoms with van der Waals surface area (Å²) >= 11 is 0. The lowest BCUT2D eigenvalue weighted by molar-refractivity contribution is -0.130. The molecule has 3 saturated heterocycles. The number of rotatable bonds is 4. The predicted molar refractivity (Wildman–Crippen MR) is 105 cm³/mol. The number of carbonyl (C=O) groups excluding carboxylic acids is 1. The van der Waals surface area contributed by atoms with Gasteiger partial charge in [0, 0.05) is 32.7 Å². The molecule has 0 radical (unpaired) electrons. The zero-order valence-corrected chi connectivity index (χ0v) is 16.4. The Morgan fingerprint density at radius 3 is 2.57 bits per heavy atom. The highest BCUT2D eigenvalue weighted by atomic mass is 19.2. The lowest BCUT2D eigenvalue weighted by Crippen LogP contribution is -2.47. The van der Waals surface area contributed by atoms with Gasteiger partial charge >= 0.3 is 0 Å². The minimum Gasteiger partial charge on any atom is -0.378 e. The van der Waals surface area contributed by atoms with Gasteiger partial charge in [-0.25, -0.2) is 23.7 Å². The third-order valence-electron chi connectivity index (χ3n) is 5.99. The first-order chi connectivity index (χ1) is 14.5. The van der Waals surface area contributed by atoms with Crippen molar-refractivity contribution in [1.82, 2.24) is 19.9 Å². The highest BCUT2D eigenvalue weighted by molar-refractivity contribution is 6.04. The molecule has 5 heterocycles. The minimum atomic E-state index is -2.59. The number of ether oxygens (including phenoxy) is 1. The molecule has 10 heteroatoms. The van der Waals surface area contributed by atoms with Crippen LogP contribution in [0.5, 0.6) is 0 Å². The summed E-state index contributed by atoms with van der Waals surface area (Å²) in [6.45, 7) is 2.25. The van der Waals surface area contributed by atoms with E-state index in [2.05, 4.69) is 19.9 Å². The van der Waals surface area contributed by atoms with Crippen molar-refractivity contribution in [3.8, 4) is 0 Å². The van der Waals surface area contributed by atoms with Crippen LogP contribution >= 0.6 is 0 Å². The molecule has 2 aromatic rings. The molecule has 0 unspecified atom stereocenters. The van der Waals surface area contributed by atoms with Gasteiger partial charge in [0.15, 0.2) is 5.67 Å². The first-order valence-electron chi connectivity index (χ1n) is 9.94. The molecule has 30 heavy (non-hydrogen) atoms. The molecule has 158 valence electrons. The summed E-state index contributed by atoms with van der Waals surface area (Å²) in [5.41, 5.74) is -3.86. The number of alkyl halides is 2. The molecule has 2 aromatic heterocycles. The monoisotopic (exact) mass is 416 g/mol. The largest absolute Gasteiger partial charge is 0.378 e. The molecule has 0 saturated carbocycles. The molecule has 5 rings (SSSR count). The Morgan fingerprint density at radius 1 is 1.07 bits per heavy atom. The van der Waals surface area contributed by atoms with E-state index < -0.39 is 17.2 Å². The van der Waals surface area contributed by atoms with Gasteiger partial charge in [-0.05, 0) is 12.1 Å². The predicted octanol–water partition coefficient (Wildman–Crippen LogP) is 0.987. The van der Waals surface area contributed by atoms with Crippen LogP contribution in [-0.2, 0) is 16.1 Å². The molecular weight excluding hydrogens is 394 g/mol. The number of fused-ring (bicyclic) bond motifs is 1. The van der Waals surface area contributed by atoms with Crippen LogP contribution < -0.4 is 9.80 Å². The van der Waals surface area contributed by atoms with Crippen LogP contribution in [0.25, 0.3) is 0 Å². The number of anilines is 2. The Labute approximate surface area is 172 Å². The number of halogens is 2. The maximum atomic E-state index is 15.6. The highest BCUT2D eigenvalue weighted by Crippen LogP contribution is 2.46. The molecule has 2 atom stereocenters. The first-order valence-corrected chi connectivity index (χ1v) is 9.94. The van der Waals surface area contributed by atoms with Crippen molar-refractivity contribution >= 4 is 17.4 Å². The second kappa shape index (κ2) is 7.21. The van der Waals surface area contributed by atoms with Gasteiger partial charge in [0.2, 0.25) is 5.67 Å². The molecule has 8 nitrogen and oxygen atoms in total.